The summed E-state index contributed by atoms with van der Waals surface area (Å²) < 4.78 is 10.7. The largest absolute Gasteiger partial charge is 0.495 e. The molecule has 0 aliphatic carbocycles. The molecule has 1 aliphatic rings. The third-order valence-electron chi connectivity index (χ3n) is 6.39. The highest BCUT2D eigenvalue weighted by atomic mass is 35.5. The lowest BCUT2D eigenvalue weighted by atomic mass is 10.0. The monoisotopic (exact) mass is 555 g/mol. The van der Waals surface area contributed by atoms with Gasteiger partial charge in [-0.1, -0.05) is 23.2 Å². The Labute approximate surface area is 229 Å². The lowest BCUT2D eigenvalue weighted by molar-refractivity contribution is 0.102. The van der Waals surface area contributed by atoms with Crippen LogP contribution in [0.2, 0.25) is 10.0 Å². The number of hydrogen-bond acceptors (Lipinski definition) is 8. The van der Waals surface area contributed by atoms with Crippen molar-refractivity contribution in [1.82, 2.24) is 25.5 Å². The molecule has 1 aliphatic heterocycles. The molecule has 5 rings (SSSR count). The zero-order chi connectivity index (χ0) is 27.0. The maximum absolute atomic E-state index is 13.0. The fourth-order valence-electron chi connectivity index (χ4n) is 4.47. The number of pyridine rings is 2. The summed E-state index contributed by atoms with van der Waals surface area (Å²) in [6.45, 7) is 6.88. The molecule has 4 aromatic rings. The van der Waals surface area contributed by atoms with Gasteiger partial charge in [-0.25, -0.2) is 9.97 Å². The summed E-state index contributed by atoms with van der Waals surface area (Å²) in [7, 11) is 3.02. The molecule has 198 valence electrons. The Balaban J connectivity index is 1.37. The number of methoxy groups -OCH3 is 2. The van der Waals surface area contributed by atoms with Crippen LogP contribution in [-0.4, -0.2) is 65.5 Å². The first kappa shape index (κ1) is 26.0. The number of aromatic nitrogens is 4. The molecule has 0 saturated carbocycles. The fourth-order valence-corrected chi connectivity index (χ4v) is 5.17. The number of carbonyl (C=O) groups is 1. The van der Waals surface area contributed by atoms with E-state index in [2.05, 4.69) is 49.5 Å². The second kappa shape index (κ2) is 10.3. The zero-order valence-electron chi connectivity index (χ0n) is 21.4. The van der Waals surface area contributed by atoms with Crippen LogP contribution in [0.15, 0.2) is 36.5 Å². The summed E-state index contributed by atoms with van der Waals surface area (Å²) in [4.78, 5) is 24.3. The number of rotatable bonds is 6. The van der Waals surface area contributed by atoms with E-state index in [-0.39, 0.29) is 11.4 Å². The Bertz CT molecular complexity index is 1480. The van der Waals surface area contributed by atoms with Crippen LogP contribution in [-0.2, 0) is 0 Å². The predicted octanol–water partition coefficient (Wildman–Crippen LogP) is 4.78. The molecule has 10 nitrogen and oxygen atoms in total. The van der Waals surface area contributed by atoms with E-state index >= 15 is 0 Å². The Kier molecular flexibility index (Phi) is 7.04. The summed E-state index contributed by atoms with van der Waals surface area (Å²) in [5.74, 6) is 1.66. The molecule has 12 heteroatoms. The van der Waals surface area contributed by atoms with E-state index in [9.17, 15) is 4.79 Å². The van der Waals surface area contributed by atoms with Crippen molar-refractivity contribution in [2.24, 2.45) is 0 Å². The zero-order valence-corrected chi connectivity index (χ0v) is 22.9. The van der Waals surface area contributed by atoms with E-state index in [1.807, 2.05) is 6.07 Å². The maximum Gasteiger partial charge on any atom is 0.258 e. The van der Waals surface area contributed by atoms with Crippen molar-refractivity contribution in [3.63, 3.8) is 0 Å². The number of amides is 1. The van der Waals surface area contributed by atoms with Gasteiger partial charge in [-0.05, 0) is 38.1 Å². The average molecular weight is 556 g/mol. The number of halogens is 2. The highest BCUT2D eigenvalue weighted by Crippen LogP contribution is 2.45. The molecular formula is C26H27Cl2N7O3. The molecule has 38 heavy (non-hydrogen) atoms. The number of benzene rings is 1. The first-order chi connectivity index (χ1) is 18.2. The highest BCUT2D eigenvalue weighted by molar-refractivity contribution is 6.41. The van der Waals surface area contributed by atoms with Crippen LogP contribution in [0.25, 0.3) is 22.3 Å². The average Bonchev–Trinajstić information content (AvgIpc) is 3.30. The Morgan fingerprint density at radius 1 is 1.11 bits per heavy atom. The van der Waals surface area contributed by atoms with E-state index in [0.29, 0.717) is 55.2 Å². The van der Waals surface area contributed by atoms with E-state index in [1.54, 1.807) is 30.5 Å². The highest BCUT2D eigenvalue weighted by Gasteiger charge is 2.26. The van der Waals surface area contributed by atoms with Crippen LogP contribution in [0.3, 0.4) is 0 Å². The van der Waals surface area contributed by atoms with E-state index in [0.717, 1.165) is 25.5 Å². The van der Waals surface area contributed by atoms with Gasteiger partial charge in [0.1, 0.15) is 17.3 Å². The van der Waals surface area contributed by atoms with Crippen LogP contribution in [0.4, 0.5) is 11.6 Å². The minimum Gasteiger partial charge on any atom is -0.495 e. The molecule has 3 aromatic heterocycles. The summed E-state index contributed by atoms with van der Waals surface area (Å²) in [6, 6.07) is 8.76. The molecule has 1 fully saturated rings. The van der Waals surface area contributed by atoms with Crippen LogP contribution in [0.5, 0.6) is 11.5 Å². The van der Waals surface area contributed by atoms with Gasteiger partial charge in [0.2, 0.25) is 0 Å². The predicted molar refractivity (Wildman–Crippen MR) is 149 cm³/mol. The normalized spacial score (nSPS) is 14.9. The third kappa shape index (κ3) is 4.94. The maximum atomic E-state index is 13.0. The van der Waals surface area contributed by atoms with Gasteiger partial charge in [-0.2, -0.15) is 5.10 Å². The molecule has 1 amide bonds. The number of fused-ring (bicyclic) bond motifs is 1. The van der Waals surface area contributed by atoms with Gasteiger partial charge >= 0.3 is 0 Å². The van der Waals surface area contributed by atoms with Crippen molar-refractivity contribution < 1.29 is 14.3 Å². The number of aromatic amines is 1. The van der Waals surface area contributed by atoms with Gasteiger partial charge in [0, 0.05) is 43.0 Å². The van der Waals surface area contributed by atoms with Crippen molar-refractivity contribution in [3.8, 4) is 22.8 Å². The van der Waals surface area contributed by atoms with E-state index in [1.165, 1.54) is 14.2 Å². The Morgan fingerprint density at radius 3 is 2.47 bits per heavy atom. The topological polar surface area (TPSA) is 117 Å². The Morgan fingerprint density at radius 2 is 1.84 bits per heavy atom. The molecular weight excluding hydrogens is 529 g/mol. The summed E-state index contributed by atoms with van der Waals surface area (Å²) in [5, 5.41) is 14.7. The molecule has 0 bridgehead atoms. The van der Waals surface area contributed by atoms with Crippen LogP contribution < -0.4 is 25.0 Å². The number of nitrogens with zero attached hydrogens (tertiary/aromatic N) is 4. The Hall–Kier alpha value is -3.60. The minimum absolute atomic E-state index is 0.000198. The summed E-state index contributed by atoms with van der Waals surface area (Å²) in [6.07, 6.45) is 1.57. The first-order valence-corrected chi connectivity index (χ1v) is 12.7. The number of hydrogen-bond donors (Lipinski definition) is 3. The molecule has 4 heterocycles. The van der Waals surface area contributed by atoms with E-state index in [4.69, 9.17) is 32.7 Å². The van der Waals surface area contributed by atoms with Crippen LogP contribution in [0, 0.1) is 0 Å². The molecule has 0 unspecified atom stereocenters. The SMILES string of the molecule is COc1cc(OC)c(Cl)c(-c2ccc3c(NC(=O)c4ccc(N5CCNC(C)(C)C5)nc4)n[nH]c3n2)c1Cl. The van der Waals surface area contributed by atoms with E-state index < -0.39 is 0 Å². The van der Waals surface area contributed by atoms with Crippen molar-refractivity contribution in [1.29, 1.82) is 0 Å². The second-order valence-corrected chi connectivity index (χ2v) is 10.3. The summed E-state index contributed by atoms with van der Waals surface area (Å²) >= 11 is 13.1. The standard InChI is InChI=1S/C26H27Cl2N7O3/c1-26(2)13-35(10-9-30-26)19-8-5-14(12-29-19)25(36)32-24-15-6-7-16(31-23(15)33-34-24)20-21(27)17(37-3)11-18(38-4)22(20)28/h5-8,11-12,30H,9-10,13H2,1-4H3,(H2,31,32,33,34,36). The van der Waals surface area contributed by atoms with Crippen molar-refractivity contribution >= 4 is 51.8 Å². The number of piperazine rings is 1. The van der Waals surface area contributed by atoms with Gasteiger partial charge < -0.3 is 25.0 Å². The smallest absolute Gasteiger partial charge is 0.258 e. The fraction of sp³-hybridized carbons (Fsp3) is 0.308. The molecule has 0 radical (unpaired) electrons. The molecule has 1 aromatic carbocycles. The third-order valence-corrected chi connectivity index (χ3v) is 7.14. The first-order valence-electron chi connectivity index (χ1n) is 11.9. The summed E-state index contributed by atoms with van der Waals surface area (Å²) in [5.41, 5.74) is 1.82. The number of nitrogens with one attached hydrogen (secondary N) is 3. The quantitative estimate of drug-likeness (QED) is 0.311. The molecule has 0 atom stereocenters. The van der Waals surface area contributed by atoms with Crippen molar-refractivity contribution in [2.75, 3.05) is 44.1 Å². The lowest BCUT2D eigenvalue weighted by Gasteiger charge is -2.39. The number of H-pyrrole nitrogens is 1. The number of carbonyl (C=O) groups excluding carboxylic acids is 1. The molecule has 0 spiro atoms. The van der Waals surface area contributed by atoms with Gasteiger partial charge in [-0.3, -0.25) is 9.89 Å². The number of anilines is 2. The number of ether oxygens (including phenoxy) is 2. The van der Waals surface area contributed by atoms with Gasteiger partial charge in [-0.15, -0.1) is 0 Å². The van der Waals surface area contributed by atoms with Crippen molar-refractivity contribution in [2.45, 2.75) is 19.4 Å². The second-order valence-electron chi connectivity index (χ2n) is 9.54. The van der Waals surface area contributed by atoms with Gasteiger partial charge in [0.05, 0.1) is 40.9 Å². The van der Waals surface area contributed by atoms with Gasteiger partial charge in [0.25, 0.3) is 5.91 Å². The minimum atomic E-state index is -0.328. The molecule has 3 N–H and O–H groups in total. The van der Waals surface area contributed by atoms with Gasteiger partial charge in [0.15, 0.2) is 11.5 Å². The molecule has 1 saturated heterocycles. The van der Waals surface area contributed by atoms with Crippen molar-refractivity contribution in [3.05, 3.63) is 52.1 Å². The lowest BCUT2D eigenvalue weighted by Crippen LogP contribution is -2.57. The van der Waals surface area contributed by atoms with Crippen LogP contribution >= 0.6 is 23.2 Å². The van der Waals surface area contributed by atoms with Crippen LogP contribution in [0.1, 0.15) is 24.2 Å².